The molecule has 1 saturated heterocycles. The third-order valence-corrected chi connectivity index (χ3v) is 7.76. The van der Waals surface area contributed by atoms with Gasteiger partial charge in [0, 0.05) is 33.1 Å². The van der Waals surface area contributed by atoms with E-state index in [9.17, 15) is 26.3 Å². The average molecular weight is 617 g/mol. The van der Waals surface area contributed by atoms with E-state index >= 15 is 0 Å². The molecule has 2 heterocycles. The number of rotatable bonds is 8. The molecular weight excluding hydrogens is 591 g/mol. The number of hydrogen-bond donors (Lipinski definition) is 2. The van der Waals surface area contributed by atoms with Crippen LogP contribution in [0.4, 0.5) is 43.7 Å². The number of imidazole rings is 1. The number of aromatic nitrogens is 2. The molecule has 0 saturated carbocycles. The molecule has 39 heavy (non-hydrogen) atoms. The predicted octanol–water partition coefficient (Wildman–Crippen LogP) is 8.49. The van der Waals surface area contributed by atoms with Gasteiger partial charge < -0.3 is 20.1 Å². The van der Waals surface area contributed by atoms with Crippen LogP contribution < -0.4 is 15.5 Å². The van der Waals surface area contributed by atoms with Gasteiger partial charge in [0.1, 0.15) is 0 Å². The first-order valence-electron chi connectivity index (χ1n) is 12.2. The van der Waals surface area contributed by atoms with Crippen molar-refractivity contribution in [2.75, 3.05) is 29.9 Å². The van der Waals surface area contributed by atoms with Crippen molar-refractivity contribution in [1.29, 1.82) is 0 Å². The number of aryl methyl sites for hydroxylation is 1. The molecule has 0 aliphatic carbocycles. The third kappa shape index (κ3) is 7.17. The summed E-state index contributed by atoms with van der Waals surface area (Å²) in [6, 6.07) is 6.63. The summed E-state index contributed by atoms with van der Waals surface area (Å²) in [6.45, 7) is 0.692. The van der Waals surface area contributed by atoms with Crippen LogP contribution in [-0.2, 0) is 13.6 Å². The lowest BCUT2D eigenvalue weighted by Gasteiger charge is -2.35. The lowest BCUT2D eigenvalue weighted by atomic mass is 9.97. The summed E-state index contributed by atoms with van der Waals surface area (Å²) in [6.07, 6.45) is -8.92. The van der Waals surface area contributed by atoms with Crippen molar-refractivity contribution in [2.24, 2.45) is 13.0 Å². The summed E-state index contributed by atoms with van der Waals surface area (Å²) in [4.78, 5) is 6.21. The Balaban J connectivity index is 1.54. The second kappa shape index (κ2) is 11.8. The van der Waals surface area contributed by atoms with E-state index in [1.54, 1.807) is 40.8 Å². The number of piperidine rings is 1. The van der Waals surface area contributed by atoms with Crippen LogP contribution in [0, 0.1) is 5.92 Å². The third-order valence-electron chi connectivity index (χ3n) is 6.71. The maximum absolute atomic E-state index is 13.3. The monoisotopic (exact) mass is 615 g/mol. The maximum atomic E-state index is 13.3. The van der Waals surface area contributed by atoms with Crippen LogP contribution in [0.2, 0.25) is 15.1 Å². The van der Waals surface area contributed by atoms with Gasteiger partial charge >= 0.3 is 12.4 Å². The van der Waals surface area contributed by atoms with Crippen molar-refractivity contribution >= 4 is 63.2 Å². The van der Waals surface area contributed by atoms with Gasteiger partial charge in [-0.3, -0.25) is 0 Å². The Labute approximate surface area is 236 Å². The number of hydrogen-bond acceptors (Lipinski definition) is 4. The first kappa shape index (κ1) is 29.9. The Kier molecular flexibility index (Phi) is 9.05. The molecule has 0 amide bonds. The zero-order valence-corrected chi connectivity index (χ0v) is 23.1. The first-order chi connectivity index (χ1) is 18.2. The van der Waals surface area contributed by atoms with E-state index in [4.69, 9.17) is 34.8 Å². The largest absolute Gasteiger partial charge is 0.393 e. The maximum Gasteiger partial charge on any atom is 0.393 e. The van der Waals surface area contributed by atoms with Crippen molar-refractivity contribution in [3.05, 3.63) is 44.9 Å². The molecule has 2 aromatic carbocycles. The number of benzene rings is 2. The molecule has 14 heteroatoms. The number of anilines is 3. The number of halogens is 9. The molecule has 0 spiro atoms. The van der Waals surface area contributed by atoms with Gasteiger partial charge in [-0.25, -0.2) is 4.98 Å². The molecule has 1 fully saturated rings. The van der Waals surface area contributed by atoms with E-state index in [0.717, 1.165) is 0 Å². The van der Waals surface area contributed by atoms with E-state index in [1.807, 2.05) is 0 Å². The molecule has 0 radical (unpaired) electrons. The lowest BCUT2D eigenvalue weighted by Crippen LogP contribution is -2.41. The Morgan fingerprint density at radius 3 is 2.49 bits per heavy atom. The quantitative estimate of drug-likeness (QED) is 0.197. The summed E-state index contributed by atoms with van der Waals surface area (Å²) in [5.41, 5.74) is 2.65. The highest BCUT2D eigenvalue weighted by atomic mass is 35.5. The van der Waals surface area contributed by atoms with Gasteiger partial charge in [0.25, 0.3) is 0 Å². The fourth-order valence-electron chi connectivity index (χ4n) is 4.61. The summed E-state index contributed by atoms with van der Waals surface area (Å²) in [5, 5.41) is 6.94. The molecule has 5 nitrogen and oxygen atoms in total. The van der Waals surface area contributed by atoms with E-state index < -0.39 is 24.7 Å². The molecule has 1 atom stereocenters. The smallest absolute Gasteiger partial charge is 0.370 e. The van der Waals surface area contributed by atoms with Crippen molar-refractivity contribution in [3.8, 4) is 0 Å². The summed E-state index contributed by atoms with van der Waals surface area (Å²) in [7, 11) is 1.73. The number of nitrogens with one attached hydrogen (secondary N) is 2. The first-order valence-corrected chi connectivity index (χ1v) is 13.4. The molecule has 1 aromatic heterocycles. The minimum absolute atomic E-state index is 0.0570. The second-order valence-electron chi connectivity index (χ2n) is 9.53. The molecular formula is C25H26Cl3F6N5. The topological polar surface area (TPSA) is 45.1 Å². The van der Waals surface area contributed by atoms with Gasteiger partial charge in [-0.05, 0) is 49.6 Å². The van der Waals surface area contributed by atoms with E-state index in [1.165, 1.54) is 0 Å². The number of alkyl halides is 6. The SMILES string of the molecule is Cn1c(Nc2c(Cl)ccc(CNCCCC(F)(F)F)c2Cl)nc2cc(Cl)c(N3CCCC(C(F)(F)F)C3)cc21. The Morgan fingerprint density at radius 2 is 1.79 bits per heavy atom. The van der Waals surface area contributed by atoms with Crippen LogP contribution in [0.3, 0.4) is 0 Å². The Bertz CT molecular complexity index is 1320. The summed E-state index contributed by atoms with van der Waals surface area (Å²) >= 11 is 19.5. The van der Waals surface area contributed by atoms with Gasteiger partial charge in [0.15, 0.2) is 0 Å². The zero-order valence-electron chi connectivity index (χ0n) is 20.8. The molecule has 1 aliphatic heterocycles. The van der Waals surface area contributed by atoms with E-state index in [2.05, 4.69) is 15.6 Å². The highest BCUT2D eigenvalue weighted by Crippen LogP contribution is 2.40. The molecule has 1 aliphatic rings. The van der Waals surface area contributed by atoms with Gasteiger partial charge in [-0.15, -0.1) is 0 Å². The second-order valence-corrected chi connectivity index (χ2v) is 10.7. The predicted molar refractivity (Wildman–Crippen MR) is 143 cm³/mol. The molecule has 0 bridgehead atoms. The van der Waals surface area contributed by atoms with E-state index in [-0.39, 0.29) is 37.5 Å². The van der Waals surface area contributed by atoms with E-state index in [0.29, 0.717) is 56.9 Å². The van der Waals surface area contributed by atoms with Crippen molar-refractivity contribution in [3.63, 3.8) is 0 Å². The zero-order chi connectivity index (χ0) is 28.5. The van der Waals surface area contributed by atoms with Gasteiger partial charge in [0.2, 0.25) is 5.95 Å². The van der Waals surface area contributed by atoms with Crippen molar-refractivity contribution < 1.29 is 26.3 Å². The van der Waals surface area contributed by atoms with Crippen LogP contribution >= 0.6 is 34.8 Å². The molecule has 2 N–H and O–H groups in total. The number of nitrogens with zero attached hydrogens (tertiary/aromatic N) is 3. The normalized spacial score (nSPS) is 16.8. The fraction of sp³-hybridized carbons (Fsp3) is 0.480. The van der Waals surface area contributed by atoms with Crippen LogP contribution in [0.5, 0.6) is 0 Å². The van der Waals surface area contributed by atoms with Crippen LogP contribution in [0.25, 0.3) is 11.0 Å². The molecule has 214 valence electrons. The highest BCUT2D eigenvalue weighted by Gasteiger charge is 2.42. The molecule has 1 unspecified atom stereocenters. The van der Waals surface area contributed by atoms with Crippen LogP contribution in [0.1, 0.15) is 31.2 Å². The molecule has 4 rings (SSSR count). The lowest BCUT2D eigenvalue weighted by molar-refractivity contribution is -0.176. The summed E-state index contributed by atoms with van der Waals surface area (Å²) in [5.74, 6) is -1.05. The summed E-state index contributed by atoms with van der Waals surface area (Å²) < 4.78 is 78.8. The minimum Gasteiger partial charge on any atom is -0.370 e. The van der Waals surface area contributed by atoms with Crippen LogP contribution in [-0.4, -0.2) is 41.5 Å². The Hall–Kier alpha value is -2.08. The van der Waals surface area contributed by atoms with Gasteiger partial charge in [-0.2, -0.15) is 26.3 Å². The minimum atomic E-state index is -4.27. The molecule has 3 aromatic rings. The highest BCUT2D eigenvalue weighted by molar-refractivity contribution is 6.39. The van der Waals surface area contributed by atoms with Crippen molar-refractivity contribution in [1.82, 2.24) is 14.9 Å². The fourth-order valence-corrected chi connectivity index (χ4v) is 5.42. The van der Waals surface area contributed by atoms with Gasteiger partial charge in [0.05, 0.1) is 43.4 Å². The Morgan fingerprint density at radius 1 is 1.05 bits per heavy atom. The van der Waals surface area contributed by atoms with Crippen LogP contribution in [0.15, 0.2) is 24.3 Å². The number of fused-ring (bicyclic) bond motifs is 1. The van der Waals surface area contributed by atoms with Crippen molar-refractivity contribution in [2.45, 2.75) is 44.6 Å². The standard InChI is InChI=1S/C25H26Cl3F6N5/c1-38-20-11-19(39-9-2-4-15(13-39)25(32,33)34)17(27)10-18(20)36-23(38)37-22-16(26)6-5-14(21(22)28)12-35-8-3-7-24(29,30)31/h5-6,10-11,15,35H,2-4,7-9,12-13H2,1H3,(H,36,37). The average Bonchev–Trinajstić information content (AvgIpc) is 3.15. The van der Waals surface area contributed by atoms with Gasteiger partial charge in [-0.1, -0.05) is 40.9 Å².